The van der Waals surface area contributed by atoms with E-state index in [0.29, 0.717) is 5.56 Å². The Kier molecular flexibility index (Phi) is 21.9. The van der Waals surface area contributed by atoms with Gasteiger partial charge in [0.2, 0.25) is 0 Å². The van der Waals surface area contributed by atoms with Crippen LogP contribution in [0.15, 0.2) is 17.0 Å². The van der Waals surface area contributed by atoms with Crippen molar-refractivity contribution in [3.63, 3.8) is 0 Å². The van der Waals surface area contributed by atoms with Gasteiger partial charge in [-0.1, -0.05) is 17.7 Å². The van der Waals surface area contributed by atoms with Crippen LogP contribution in [0.4, 0.5) is 0 Å². The van der Waals surface area contributed by atoms with Gasteiger partial charge in [0.1, 0.15) is 165 Å². The minimum absolute atomic E-state index is 0.210. The first-order valence-corrected chi connectivity index (χ1v) is 29.8. The van der Waals surface area contributed by atoms with E-state index in [4.69, 9.17) is 75.2 Å². The number of benzene rings is 1. The molecule has 17 rings (SSSR count). The van der Waals surface area contributed by atoms with Crippen LogP contribution in [0.25, 0.3) is 0 Å². The van der Waals surface area contributed by atoms with E-state index in [-0.39, 0.29) is 16.0 Å². The normalized spacial score (nSPS) is 50.4. The molecule has 18 N–H and O–H groups in total. The van der Waals surface area contributed by atoms with Crippen molar-refractivity contribution in [2.24, 2.45) is 0 Å². The summed E-state index contributed by atoms with van der Waals surface area (Å²) in [4.78, 5) is -0.337. The third kappa shape index (κ3) is 13.2. The molecule has 88 heavy (non-hydrogen) atoms. The fourth-order valence-corrected chi connectivity index (χ4v) is 14.0. The average Bonchev–Trinajstić information content (AvgIpc) is 3.18. The van der Waals surface area contributed by atoms with E-state index in [1.54, 1.807) is 6.92 Å². The first-order chi connectivity index (χ1) is 41.8. The molecule has 16 aliphatic rings. The Morgan fingerprint density at radius 1 is 0.307 bits per heavy atom. The Labute approximate surface area is 500 Å². The topological polar surface area (TPSA) is 549 Å². The molecule has 1 aromatic carbocycles. The van der Waals surface area contributed by atoms with Crippen LogP contribution in [0.2, 0.25) is 0 Å². The maximum atomic E-state index is 14.4. The average molecular weight is 1300 g/mol. The lowest BCUT2D eigenvalue weighted by Crippen LogP contribution is -2.68. The molecule has 0 amide bonds. The van der Waals surface area contributed by atoms with E-state index in [2.05, 4.69) is 0 Å². The fraction of sp³-hybridized carbons (Fsp3) is 0.882. The Morgan fingerprint density at radius 2 is 0.557 bits per heavy atom. The maximum Gasteiger partial charge on any atom is 0.298 e. The van der Waals surface area contributed by atoms with Gasteiger partial charge in [-0.05, 0) is 31.9 Å². The quantitative estimate of drug-likeness (QED) is 0.0764. The standard InChI is InChI=1S/C51H78O36S/c1-13-4-14(2)44(15(3)5-13)88(70,71)87-41-33(69)39-21(11-57)77-50(41)86-40-22(12-58)78-51(43-42(40)79-43)85-38-20(10-56)76-48(32(68)27(38)63)83-36-18(8-54)74-46(30(66)25(36)61)81-34-16(6-52)72-45(28(64)23(34)59)80-35-17(7-53)73-47(29(65)24(35)60)82-37-19(9-55)75-49(84-39)31(67)26(37)62/h4-5,16-43,45-69H,6-12H2,1-3H3/t16-,17-,18-,19-,20-,21-,22-,23-,24-,25-,26-,27-,28-,29-,30-,31-,32-,33+,34-,35-,36-,37-,38-,39-,40-,41-,42+,43+,45-,46-,47-,48-,49-,50-,51-/m1/s1. The van der Waals surface area contributed by atoms with Gasteiger partial charge in [-0.3, -0.25) is 4.18 Å². The largest absolute Gasteiger partial charge is 0.394 e. The zero-order valence-electron chi connectivity index (χ0n) is 47.1. The van der Waals surface area contributed by atoms with Crippen molar-refractivity contribution < 1.29 is 176 Å². The second-order valence-corrected chi connectivity index (χ2v) is 24.5. The molecule has 35 atom stereocenters. The minimum Gasteiger partial charge on any atom is -0.394 e. The third-order valence-corrected chi connectivity index (χ3v) is 18.7. The molecule has 16 aliphatic heterocycles. The summed E-state index contributed by atoms with van der Waals surface area (Å²) in [6, 6.07) is 3.08. The summed E-state index contributed by atoms with van der Waals surface area (Å²) in [5.74, 6) is 0. The number of ether oxygens (including phenoxy) is 15. The van der Waals surface area contributed by atoms with E-state index in [1.807, 2.05) is 0 Å². The van der Waals surface area contributed by atoms with E-state index in [9.17, 15) is 100 Å². The van der Waals surface area contributed by atoms with E-state index in [1.165, 1.54) is 26.0 Å². The Balaban J connectivity index is 0.969. The van der Waals surface area contributed by atoms with Crippen LogP contribution in [-0.2, 0) is 85.4 Å². The lowest BCUT2D eigenvalue weighted by atomic mass is 9.95. The lowest BCUT2D eigenvalue weighted by Gasteiger charge is -2.50. The first-order valence-electron chi connectivity index (χ1n) is 28.4. The summed E-state index contributed by atoms with van der Waals surface area (Å²) >= 11 is 0. The van der Waals surface area contributed by atoms with Crippen LogP contribution >= 0.6 is 0 Å². The van der Waals surface area contributed by atoms with Crippen molar-refractivity contribution in [2.75, 3.05) is 46.2 Å². The molecule has 504 valence electrons. The number of fused-ring (bicyclic) bond motifs is 7. The highest BCUT2D eigenvalue weighted by Crippen LogP contribution is 2.44. The molecule has 37 heteroatoms. The summed E-state index contributed by atoms with van der Waals surface area (Å²) in [6.07, 6.45) is -67.4. The number of rotatable bonds is 10. The van der Waals surface area contributed by atoms with Gasteiger partial charge < -0.3 is 163 Å². The molecular weight excluding hydrogens is 1220 g/mol. The van der Waals surface area contributed by atoms with Gasteiger partial charge >= 0.3 is 0 Å². The molecule has 16 fully saturated rings. The van der Waals surface area contributed by atoms with E-state index >= 15 is 0 Å². The molecule has 0 spiro atoms. The Bertz CT molecular complexity index is 2550. The smallest absolute Gasteiger partial charge is 0.298 e. The Hall–Kier alpha value is -2.19. The van der Waals surface area contributed by atoms with Crippen LogP contribution in [0.5, 0.6) is 0 Å². The van der Waals surface area contributed by atoms with Gasteiger partial charge in [-0.2, -0.15) is 8.42 Å². The molecule has 0 radical (unpaired) electrons. The van der Waals surface area contributed by atoms with Crippen LogP contribution < -0.4 is 0 Å². The zero-order chi connectivity index (χ0) is 63.7. The predicted molar refractivity (Wildman–Crippen MR) is 272 cm³/mol. The molecule has 36 nitrogen and oxygen atoms in total. The molecule has 14 bridgehead atoms. The second-order valence-electron chi connectivity index (χ2n) is 23.0. The first kappa shape index (κ1) is 68.7. The van der Waals surface area contributed by atoms with Crippen molar-refractivity contribution >= 4 is 10.1 Å². The van der Waals surface area contributed by atoms with Gasteiger partial charge in [-0.25, -0.2) is 0 Å². The van der Waals surface area contributed by atoms with Crippen LogP contribution in [0.1, 0.15) is 16.7 Å². The Morgan fingerprint density at radius 3 is 0.864 bits per heavy atom. The minimum atomic E-state index is -4.98. The predicted octanol–water partition coefficient (Wildman–Crippen LogP) is -11.8. The van der Waals surface area contributed by atoms with Gasteiger partial charge in [0.25, 0.3) is 10.1 Å². The van der Waals surface area contributed by atoms with Crippen molar-refractivity contribution in [3.05, 3.63) is 28.8 Å². The highest BCUT2D eigenvalue weighted by atomic mass is 32.2. The van der Waals surface area contributed by atoms with Gasteiger partial charge in [0.15, 0.2) is 50.1 Å². The molecule has 0 aromatic heterocycles. The molecule has 0 unspecified atom stereocenters. The second kappa shape index (κ2) is 28.0. The fourth-order valence-electron chi connectivity index (χ4n) is 12.5. The third-order valence-electron chi connectivity index (χ3n) is 17.0. The summed E-state index contributed by atoms with van der Waals surface area (Å²) < 4.78 is 123. The number of hydrogen-bond acceptors (Lipinski definition) is 36. The van der Waals surface area contributed by atoms with Gasteiger partial charge in [0.05, 0.1) is 51.1 Å². The van der Waals surface area contributed by atoms with Gasteiger partial charge in [-0.15, -0.1) is 0 Å². The zero-order valence-corrected chi connectivity index (χ0v) is 47.9. The van der Waals surface area contributed by atoms with E-state index < -0.39 is 271 Å². The summed E-state index contributed by atoms with van der Waals surface area (Å²) in [5.41, 5.74) is 1.10. The number of aryl methyl sites for hydroxylation is 3. The lowest BCUT2D eigenvalue weighted by molar-refractivity contribution is -0.396. The maximum absolute atomic E-state index is 14.4. The molecule has 0 saturated carbocycles. The molecular formula is C51H78O36S. The van der Waals surface area contributed by atoms with Crippen LogP contribution in [0, 0.1) is 20.8 Å². The monoisotopic (exact) mass is 1300 g/mol. The molecule has 16 saturated heterocycles. The SMILES string of the molecule is Cc1cc(C)c(S(=O)(=O)O[C@H]2[C@H]3O[C@H]4[C@@H]5O[C@@H]5[C@@H](O[C@H]5[C@H](O)[C@@H](O)[C@@H](O[C@H]6[C@H](O)[C@@H](O)[C@@H](O[C@H]7[C@H](O)[C@@H](O)[C@@H](O[C@H]8[C@H](O)[C@@H](O)[C@@H](O[C@H]9[C@H](O)[C@@H](O)[C@@H](O[C@@H]([C@@H]2O)[C@@H](CO)O3)O[C@@H]9CO)O[C@@H]8CO)O[C@@H]7CO)O[C@@H]6CO)O[C@@H]5CO)O[C@@H]4CO)c(C)c1. The highest BCUT2D eigenvalue weighted by molar-refractivity contribution is 7.86. The molecule has 16 heterocycles. The number of epoxide rings is 1. The molecule has 1 aromatic rings. The summed E-state index contributed by atoms with van der Waals surface area (Å²) in [6.45, 7) is -2.53. The summed E-state index contributed by atoms with van der Waals surface area (Å²) in [7, 11) is -4.98. The summed E-state index contributed by atoms with van der Waals surface area (Å²) in [5, 5.41) is 201. The van der Waals surface area contributed by atoms with Crippen molar-refractivity contribution in [1.29, 1.82) is 0 Å². The highest BCUT2D eigenvalue weighted by Gasteiger charge is 2.64. The number of aliphatic hydroxyl groups is 18. The van der Waals surface area contributed by atoms with E-state index in [0.717, 1.165) is 0 Å². The van der Waals surface area contributed by atoms with Gasteiger partial charge in [0, 0.05) is 0 Å². The van der Waals surface area contributed by atoms with Crippen molar-refractivity contribution in [1.82, 2.24) is 0 Å². The molecule has 0 aliphatic carbocycles. The van der Waals surface area contributed by atoms with Crippen LogP contribution in [0.3, 0.4) is 0 Å². The number of hydrogen-bond donors (Lipinski definition) is 18. The van der Waals surface area contributed by atoms with Crippen LogP contribution in [-0.4, -0.2) is 362 Å². The van der Waals surface area contributed by atoms with Crippen molar-refractivity contribution in [2.45, 2.75) is 241 Å². The number of aliphatic hydroxyl groups excluding tert-OH is 18. The van der Waals surface area contributed by atoms with Crippen molar-refractivity contribution in [3.8, 4) is 0 Å².